The van der Waals surface area contributed by atoms with Gasteiger partial charge in [0.1, 0.15) is 5.58 Å². The van der Waals surface area contributed by atoms with Crippen molar-refractivity contribution >= 4 is 22.0 Å². The summed E-state index contributed by atoms with van der Waals surface area (Å²) in [5.41, 5.74) is 4.21. The summed E-state index contributed by atoms with van der Waals surface area (Å²) >= 11 is 0. The number of rotatable bonds is 2. The molecule has 0 saturated heterocycles. The summed E-state index contributed by atoms with van der Waals surface area (Å²) in [6.07, 6.45) is 1.02. The number of aromatic amines is 1. The Morgan fingerprint density at radius 3 is 2.85 bits per heavy atom. The molecule has 0 fully saturated rings. The van der Waals surface area contributed by atoms with Gasteiger partial charge >= 0.3 is 0 Å². The van der Waals surface area contributed by atoms with Crippen molar-refractivity contribution in [3.8, 4) is 11.6 Å². The molecule has 0 bridgehead atoms. The number of aryl methyl sites for hydroxylation is 1. The van der Waals surface area contributed by atoms with Gasteiger partial charge in [-0.3, -0.25) is 0 Å². The van der Waals surface area contributed by atoms with E-state index in [2.05, 4.69) is 35.1 Å². The van der Waals surface area contributed by atoms with Crippen LogP contribution < -0.4 is 0 Å². The first-order chi connectivity index (χ1) is 9.83. The molecule has 0 atom stereocenters. The Hall–Kier alpha value is -2.55. The van der Waals surface area contributed by atoms with Crippen molar-refractivity contribution < 1.29 is 4.42 Å². The average Bonchev–Trinajstić information content (AvgIpc) is 3.09. The summed E-state index contributed by atoms with van der Waals surface area (Å²) < 4.78 is 5.85. The lowest BCUT2D eigenvalue weighted by atomic mass is 10.1. The Morgan fingerprint density at radius 2 is 2.00 bits per heavy atom. The fourth-order valence-electron chi connectivity index (χ4n) is 2.49. The molecular formula is C17H14N2O. The summed E-state index contributed by atoms with van der Waals surface area (Å²) in [5, 5.41) is 1.09. The number of nitrogens with zero attached hydrogens (tertiary/aromatic N) is 1. The molecule has 2 aromatic carbocycles. The van der Waals surface area contributed by atoms with Crippen molar-refractivity contribution in [2.75, 3.05) is 0 Å². The molecule has 0 spiro atoms. The van der Waals surface area contributed by atoms with Crippen LogP contribution in [0.5, 0.6) is 0 Å². The highest BCUT2D eigenvalue weighted by molar-refractivity contribution is 5.84. The number of imidazole rings is 1. The summed E-state index contributed by atoms with van der Waals surface area (Å²) in [6, 6.07) is 16.3. The van der Waals surface area contributed by atoms with Crippen LogP contribution in [0.15, 0.2) is 52.9 Å². The fraction of sp³-hybridized carbons (Fsp3) is 0.118. The van der Waals surface area contributed by atoms with E-state index in [-0.39, 0.29) is 0 Å². The molecule has 0 unspecified atom stereocenters. The van der Waals surface area contributed by atoms with Crippen molar-refractivity contribution in [2.24, 2.45) is 0 Å². The van der Waals surface area contributed by atoms with Crippen LogP contribution in [-0.2, 0) is 6.42 Å². The molecular weight excluding hydrogens is 248 g/mol. The molecule has 1 N–H and O–H groups in total. The standard InChI is InChI=1S/C17H14N2O/c1-2-11-7-8-13-14(9-11)19-17(18-13)16-10-12-5-3-4-6-15(12)20-16/h3-10H,2H2,1H3,(H,18,19). The van der Waals surface area contributed by atoms with E-state index in [1.807, 2.05) is 30.3 Å². The number of benzene rings is 2. The van der Waals surface area contributed by atoms with Gasteiger partial charge in [-0.25, -0.2) is 4.98 Å². The average molecular weight is 262 g/mol. The minimum absolute atomic E-state index is 0.778. The van der Waals surface area contributed by atoms with Crippen molar-refractivity contribution in [3.63, 3.8) is 0 Å². The first kappa shape index (κ1) is 11.3. The largest absolute Gasteiger partial charge is 0.453 e. The van der Waals surface area contributed by atoms with Crippen LogP contribution in [0.3, 0.4) is 0 Å². The molecule has 0 aliphatic heterocycles. The molecule has 20 heavy (non-hydrogen) atoms. The quantitative estimate of drug-likeness (QED) is 0.576. The summed E-state index contributed by atoms with van der Waals surface area (Å²) in [7, 11) is 0. The van der Waals surface area contributed by atoms with Gasteiger partial charge in [0, 0.05) is 5.39 Å². The smallest absolute Gasteiger partial charge is 0.174 e. The third-order valence-electron chi connectivity index (χ3n) is 3.61. The van der Waals surface area contributed by atoms with Gasteiger partial charge in [-0.05, 0) is 36.2 Å². The second-order valence-electron chi connectivity index (χ2n) is 4.94. The van der Waals surface area contributed by atoms with E-state index in [4.69, 9.17) is 4.42 Å². The van der Waals surface area contributed by atoms with E-state index in [1.165, 1.54) is 5.56 Å². The lowest BCUT2D eigenvalue weighted by Crippen LogP contribution is -1.78. The van der Waals surface area contributed by atoms with Gasteiger partial charge in [-0.15, -0.1) is 0 Å². The van der Waals surface area contributed by atoms with Crippen LogP contribution in [0.1, 0.15) is 12.5 Å². The van der Waals surface area contributed by atoms with E-state index in [9.17, 15) is 0 Å². The lowest BCUT2D eigenvalue weighted by molar-refractivity contribution is 0.627. The van der Waals surface area contributed by atoms with Gasteiger partial charge in [0.05, 0.1) is 11.0 Å². The minimum atomic E-state index is 0.778. The van der Waals surface area contributed by atoms with Gasteiger partial charge in [0.15, 0.2) is 11.6 Å². The van der Waals surface area contributed by atoms with E-state index < -0.39 is 0 Å². The highest BCUT2D eigenvalue weighted by atomic mass is 16.3. The number of nitrogens with one attached hydrogen (secondary N) is 1. The predicted molar refractivity (Wildman–Crippen MR) is 80.7 cm³/mol. The lowest BCUT2D eigenvalue weighted by Gasteiger charge is -1.93. The number of para-hydroxylation sites is 1. The van der Waals surface area contributed by atoms with Crippen molar-refractivity contribution in [1.82, 2.24) is 9.97 Å². The number of aromatic nitrogens is 2. The van der Waals surface area contributed by atoms with E-state index in [0.717, 1.165) is 40.0 Å². The molecule has 98 valence electrons. The molecule has 3 nitrogen and oxygen atoms in total. The van der Waals surface area contributed by atoms with Crippen LogP contribution in [-0.4, -0.2) is 9.97 Å². The number of fused-ring (bicyclic) bond motifs is 2. The summed E-state index contributed by atoms with van der Waals surface area (Å²) in [6.45, 7) is 2.15. The maximum absolute atomic E-state index is 5.85. The first-order valence-corrected chi connectivity index (χ1v) is 6.81. The van der Waals surface area contributed by atoms with Gasteiger partial charge in [-0.1, -0.05) is 31.2 Å². The monoisotopic (exact) mass is 262 g/mol. The second kappa shape index (κ2) is 4.23. The SMILES string of the molecule is CCc1ccc2nc(-c3cc4ccccc4o3)[nH]c2c1. The molecule has 4 rings (SSSR count). The number of hydrogen-bond donors (Lipinski definition) is 1. The van der Waals surface area contributed by atoms with Crippen LogP contribution >= 0.6 is 0 Å². The highest BCUT2D eigenvalue weighted by Crippen LogP contribution is 2.27. The summed E-state index contributed by atoms with van der Waals surface area (Å²) in [5.74, 6) is 1.56. The van der Waals surface area contributed by atoms with Crippen molar-refractivity contribution in [2.45, 2.75) is 13.3 Å². The highest BCUT2D eigenvalue weighted by Gasteiger charge is 2.10. The zero-order valence-electron chi connectivity index (χ0n) is 11.2. The number of furan rings is 1. The van der Waals surface area contributed by atoms with Gasteiger partial charge < -0.3 is 9.40 Å². The topological polar surface area (TPSA) is 41.8 Å². The fourth-order valence-corrected chi connectivity index (χ4v) is 2.49. The Morgan fingerprint density at radius 1 is 1.10 bits per heavy atom. The first-order valence-electron chi connectivity index (χ1n) is 6.81. The zero-order valence-corrected chi connectivity index (χ0v) is 11.2. The Balaban J connectivity index is 1.88. The van der Waals surface area contributed by atoms with Gasteiger partial charge in [-0.2, -0.15) is 0 Å². The molecule has 0 amide bonds. The van der Waals surface area contributed by atoms with E-state index >= 15 is 0 Å². The molecule has 0 aliphatic rings. The molecule has 4 aromatic rings. The third-order valence-corrected chi connectivity index (χ3v) is 3.61. The van der Waals surface area contributed by atoms with Gasteiger partial charge in [0.25, 0.3) is 0 Å². The number of H-pyrrole nitrogens is 1. The molecule has 2 aromatic heterocycles. The van der Waals surface area contributed by atoms with Crippen molar-refractivity contribution in [3.05, 3.63) is 54.1 Å². The van der Waals surface area contributed by atoms with Crippen LogP contribution in [0, 0.1) is 0 Å². The molecule has 3 heteroatoms. The summed E-state index contributed by atoms with van der Waals surface area (Å²) in [4.78, 5) is 7.95. The molecule has 0 aliphatic carbocycles. The Labute approximate surface area is 116 Å². The Bertz CT molecular complexity index is 869. The normalized spacial score (nSPS) is 11.4. The maximum Gasteiger partial charge on any atom is 0.174 e. The molecule has 0 saturated carbocycles. The van der Waals surface area contributed by atoms with Crippen LogP contribution in [0.25, 0.3) is 33.6 Å². The van der Waals surface area contributed by atoms with Crippen molar-refractivity contribution in [1.29, 1.82) is 0 Å². The maximum atomic E-state index is 5.85. The van der Waals surface area contributed by atoms with E-state index in [0.29, 0.717) is 0 Å². The third kappa shape index (κ3) is 1.71. The Kier molecular flexibility index (Phi) is 2.39. The van der Waals surface area contributed by atoms with Gasteiger partial charge in [0.2, 0.25) is 0 Å². The minimum Gasteiger partial charge on any atom is -0.453 e. The van der Waals surface area contributed by atoms with Crippen LogP contribution in [0.2, 0.25) is 0 Å². The zero-order chi connectivity index (χ0) is 13.5. The molecule has 2 heterocycles. The number of hydrogen-bond acceptors (Lipinski definition) is 2. The van der Waals surface area contributed by atoms with Crippen LogP contribution in [0.4, 0.5) is 0 Å². The second-order valence-corrected chi connectivity index (χ2v) is 4.94. The predicted octanol–water partition coefficient (Wildman–Crippen LogP) is 4.54. The molecule has 0 radical (unpaired) electrons. The van der Waals surface area contributed by atoms with E-state index in [1.54, 1.807) is 0 Å².